The summed E-state index contributed by atoms with van der Waals surface area (Å²) in [5.41, 5.74) is 5.43. The Balaban J connectivity index is 1.63. The molecular formula is C23H27N5O. The molecule has 1 amide bonds. The molecule has 0 saturated carbocycles. The Morgan fingerprint density at radius 3 is 2.17 bits per heavy atom. The molecule has 150 valence electrons. The van der Waals surface area contributed by atoms with Gasteiger partial charge in [0, 0.05) is 30.2 Å². The summed E-state index contributed by atoms with van der Waals surface area (Å²) in [7, 11) is 0. The molecule has 0 saturated heterocycles. The summed E-state index contributed by atoms with van der Waals surface area (Å²) in [5.74, 6) is 0.305. The molecule has 0 radical (unpaired) electrons. The molecule has 6 heteroatoms. The number of anilines is 4. The lowest BCUT2D eigenvalue weighted by molar-refractivity contribution is 0.102. The van der Waals surface area contributed by atoms with Crippen LogP contribution in [0.5, 0.6) is 0 Å². The van der Waals surface area contributed by atoms with Gasteiger partial charge in [0.1, 0.15) is 11.5 Å². The highest BCUT2D eigenvalue weighted by Crippen LogP contribution is 2.20. The van der Waals surface area contributed by atoms with Crippen LogP contribution in [0.2, 0.25) is 0 Å². The molecule has 29 heavy (non-hydrogen) atoms. The summed E-state index contributed by atoms with van der Waals surface area (Å²) in [6.07, 6.45) is 3.04. The van der Waals surface area contributed by atoms with Crippen LogP contribution in [0.15, 0.2) is 54.9 Å². The van der Waals surface area contributed by atoms with E-state index in [0.29, 0.717) is 5.82 Å². The lowest BCUT2D eigenvalue weighted by atomic mass is 10.1. The molecule has 1 heterocycles. The van der Waals surface area contributed by atoms with Gasteiger partial charge in [0.15, 0.2) is 0 Å². The van der Waals surface area contributed by atoms with Crippen LogP contribution in [0.4, 0.5) is 22.9 Å². The smallest absolute Gasteiger partial charge is 0.275 e. The first-order valence-electron chi connectivity index (χ1n) is 9.82. The van der Waals surface area contributed by atoms with Crippen molar-refractivity contribution in [1.82, 2.24) is 9.97 Å². The second kappa shape index (κ2) is 9.19. The van der Waals surface area contributed by atoms with Gasteiger partial charge in [0.2, 0.25) is 0 Å². The van der Waals surface area contributed by atoms with Gasteiger partial charge in [-0.1, -0.05) is 6.07 Å². The monoisotopic (exact) mass is 389 g/mol. The molecule has 0 aliphatic rings. The first-order chi connectivity index (χ1) is 14.0. The van der Waals surface area contributed by atoms with Crippen LogP contribution in [0, 0.1) is 13.8 Å². The number of carbonyl (C=O) groups is 1. The van der Waals surface area contributed by atoms with E-state index in [1.54, 1.807) is 6.20 Å². The van der Waals surface area contributed by atoms with Gasteiger partial charge in [-0.25, -0.2) is 9.97 Å². The SMILES string of the molecule is CCN(CC)c1ccc(Nc2cnc(C(=O)Nc3ccc(C)c(C)c3)cn2)cc1. The summed E-state index contributed by atoms with van der Waals surface area (Å²) in [5, 5.41) is 6.07. The molecular weight excluding hydrogens is 362 g/mol. The van der Waals surface area contributed by atoms with E-state index in [4.69, 9.17) is 0 Å². The zero-order valence-electron chi connectivity index (χ0n) is 17.4. The molecule has 0 bridgehead atoms. The van der Waals surface area contributed by atoms with Crippen molar-refractivity contribution in [2.75, 3.05) is 28.6 Å². The Morgan fingerprint density at radius 2 is 1.59 bits per heavy atom. The molecule has 3 aromatic rings. The fraction of sp³-hybridized carbons (Fsp3) is 0.261. The van der Waals surface area contributed by atoms with Crippen LogP contribution in [-0.2, 0) is 0 Å². The number of benzene rings is 2. The van der Waals surface area contributed by atoms with Crippen LogP contribution in [0.3, 0.4) is 0 Å². The fourth-order valence-electron chi connectivity index (χ4n) is 3.02. The van der Waals surface area contributed by atoms with E-state index < -0.39 is 0 Å². The van der Waals surface area contributed by atoms with E-state index in [-0.39, 0.29) is 11.6 Å². The Morgan fingerprint density at radius 1 is 0.897 bits per heavy atom. The van der Waals surface area contributed by atoms with Crippen LogP contribution >= 0.6 is 0 Å². The van der Waals surface area contributed by atoms with Crippen molar-refractivity contribution in [3.05, 3.63) is 71.7 Å². The molecule has 1 aromatic heterocycles. The van der Waals surface area contributed by atoms with Crippen molar-refractivity contribution in [2.24, 2.45) is 0 Å². The molecule has 3 rings (SSSR count). The van der Waals surface area contributed by atoms with Crippen molar-refractivity contribution in [2.45, 2.75) is 27.7 Å². The third-order valence-electron chi connectivity index (χ3n) is 4.92. The van der Waals surface area contributed by atoms with E-state index in [1.807, 2.05) is 44.2 Å². The van der Waals surface area contributed by atoms with Crippen LogP contribution in [0.1, 0.15) is 35.5 Å². The van der Waals surface area contributed by atoms with Gasteiger partial charge in [-0.05, 0) is 75.2 Å². The number of hydrogen-bond donors (Lipinski definition) is 2. The highest BCUT2D eigenvalue weighted by Gasteiger charge is 2.09. The van der Waals surface area contributed by atoms with E-state index in [2.05, 4.69) is 51.5 Å². The normalized spacial score (nSPS) is 10.5. The van der Waals surface area contributed by atoms with Gasteiger partial charge in [-0.15, -0.1) is 0 Å². The second-order valence-electron chi connectivity index (χ2n) is 6.88. The number of aromatic nitrogens is 2. The summed E-state index contributed by atoms with van der Waals surface area (Å²) in [4.78, 5) is 23.2. The Kier molecular flexibility index (Phi) is 6.44. The predicted octanol–water partition coefficient (Wildman–Crippen LogP) is 4.94. The average Bonchev–Trinajstić information content (AvgIpc) is 2.73. The van der Waals surface area contributed by atoms with E-state index in [0.717, 1.165) is 30.0 Å². The number of nitrogens with zero attached hydrogens (tertiary/aromatic N) is 3. The minimum atomic E-state index is -0.282. The molecule has 2 N–H and O–H groups in total. The molecule has 0 aliphatic heterocycles. The molecule has 0 aliphatic carbocycles. The first kappa shape index (κ1) is 20.3. The van der Waals surface area contributed by atoms with E-state index in [9.17, 15) is 4.79 Å². The minimum absolute atomic E-state index is 0.269. The van der Waals surface area contributed by atoms with Crippen LogP contribution < -0.4 is 15.5 Å². The van der Waals surface area contributed by atoms with Gasteiger partial charge < -0.3 is 15.5 Å². The van der Waals surface area contributed by atoms with E-state index >= 15 is 0 Å². The van der Waals surface area contributed by atoms with Crippen molar-refractivity contribution >= 4 is 28.8 Å². The number of nitrogens with one attached hydrogen (secondary N) is 2. The topological polar surface area (TPSA) is 70.2 Å². The Hall–Kier alpha value is -3.41. The summed E-state index contributed by atoms with van der Waals surface area (Å²) in [6.45, 7) is 10.3. The third kappa shape index (κ3) is 5.10. The van der Waals surface area contributed by atoms with Crippen molar-refractivity contribution < 1.29 is 4.79 Å². The fourth-order valence-corrected chi connectivity index (χ4v) is 3.02. The van der Waals surface area contributed by atoms with Crippen LogP contribution in [0.25, 0.3) is 0 Å². The number of hydrogen-bond acceptors (Lipinski definition) is 5. The lowest BCUT2D eigenvalue weighted by Crippen LogP contribution is -2.21. The third-order valence-corrected chi connectivity index (χ3v) is 4.92. The highest BCUT2D eigenvalue weighted by atomic mass is 16.1. The number of rotatable bonds is 7. The highest BCUT2D eigenvalue weighted by molar-refractivity contribution is 6.02. The second-order valence-corrected chi connectivity index (χ2v) is 6.88. The molecule has 0 atom stereocenters. The number of carbonyl (C=O) groups excluding carboxylic acids is 1. The quantitative estimate of drug-likeness (QED) is 0.599. The lowest BCUT2D eigenvalue weighted by Gasteiger charge is -2.21. The summed E-state index contributed by atoms with van der Waals surface area (Å²) < 4.78 is 0. The molecule has 0 unspecified atom stereocenters. The zero-order valence-corrected chi connectivity index (χ0v) is 17.4. The molecule has 2 aromatic carbocycles. The maximum absolute atomic E-state index is 12.4. The van der Waals surface area contributed by atoms with Gasteiger partial charge in [0.25, 0.3) is 5.91 Å². The van der Waals surface area contributed by atoms with E-state index in [1.165, 1.54) is 17.4 Å². The summed E-state index contributed by atoms with van der Waals surface area (Å²) >= 11 is 0. The van der Waals surface area contributed by atoms with Crippen LogP contribution in [-0.4, -0.2) is 29.0 Å². The molecule has 0 spiro atoms. The molecule has 0 fully saturated rings. The average molecular weight is 390 g/mol. The van der Waals surface area contributed by atoms with Crippen molar-refractivity contribution in [3.63, 3.8) is 0 Å². The minimum Gasteiger partial charge on any atom is -0.372 e. The predicted molar refractivity (Wildman–Crippen MR) is 119 cm³/mol. The maximum atomic E-state index is 12.4. The Bertz CT molecular complexity index is 964. The zero-order chi connectivity index (χ0) is 20.8. The largest absolute Gasteiger partial charge is 0.372 e. The van der Waals surface area contributed by atoms with Crippen molar-refractivity contribution in [1.29, 1.82) is 0 Å². The Labute approximate surface area is 172 Å². The number of aryl methyl sites for hydroxylation is 2. The van der Waals surface area contributed by atoms with Gasteiger partial charge in [-0.3, -0.25) is 4.79 Å². The molecule has 6 nitrogen and oxygen atoms in total. The van der Waals surface area contributed by atoms with Gasteiger partial charge >= 0.3 is 0 Å². The number of amides is 1. The standard InChI is InChI=1S/C23H27N5O/c1-5-28(6-2)20-11-9-18(10-12-20)26-22-15-24-21(14-25-22)23(29)27-19-8-7-16(3)17(4)13-19/h7-15H,5-6H2,1-4H3,(H,25,26)(H,27,29). The van der Waals surface area contributed by atoms with Gasteiger partial charge in [-0.2, -0.15) is 0 Å². The van der Waals surface area contributed by atoms with Gasteiger partial charge in [0.05, 0.1) is 12.4 Å². The van der Waals surface area contributed by atoms with Crippen molar-refractivity contribution in [3.8, 4) is 0 Å². The first-order valence-corrected chi connectivity index (χ1v) is 9.82. The maximum Gasteiger partial charge on any atom is 0.275 e. The summed E-state index contributed by atoms with van der Waals surface area (Å²) in [6, 6.07) is 14.0.